The van der Waals surface area contributed by atoms with Gasteiger partial charge in [0.25, 0.3) is 0 Å². The molecule has 0 aliphatic carbocycles. The highest BCUT2D eigenvalue weighted by Gasteiger charge is 2.03. The van der Waals surface area contributed by atoms with Crippen LogP contribution in [0.4, 0.5) is 0 Å². The summed E-state index contributed by atoms with van der Waals surface area (Å²) in [5.74, 6) is 0. The lowest BCUT2D eigenvalue weighted by molar-refractivity contribution is 0.605. The maximum absolute atomic E-state index is 3.53. The minimum absolute atomic E-state index is 1.09. The Morgan fingerprint density at radius 2 is 1.50 bits per heavy atom. The van der Waals surface area contributed by atoms with Crippen molar-refractivity contribution in [2.24, 2.45) is 0 Å². The first kappa shape index (κ1) is 15.2. The van der Waals surface area contributed by atoms with Gasteiger partial charge in [-0.15, -0.1) is 0 Å². The third-order valence-corrected chi connectivity index (χ3v) is 3.42. The fraction of sp³-hybridized carbons (Fsp3) is 0.625. The normalized spacial score (nSPS) is 10.9. The SMILES string of the molecule is CNCCCCNCCc1c(C)cc(C)cc1C. The van der Waals surface area contributed by atoms with Crippen molar-refractivity contribution in [2.45, 2.75) is 40.0 Å². The van der Waals surface area contributed by atoms with Crippen LogP contribution >= 0.6 is 0 Å². The van der Waals surface area contributed by atoms with Crippen LogP contribution in [0.5, 0.6) is 0 Å². The molecule has 0 aromatic heterocycles. The number of unbranched alkanes of at least 4 members (excludes halogenated alkanes) is 1. The number of benzene rings is 1. The molecule has 0 unspecified atom stereocenters. The lowest BCUT2D eigenvalue weighted by Crippen LogP contribution is -2.20. The highest BCUT2D eigenvalue weighted by molar-refractivity contribution is 5.37. The van der Waals surface area contributed by atoms with Crippen molar-refractivity contribution in [1.29, 1.82) is 0 Å². The average molecular weight is 248 g/mol. The standard InChI is InChI=1S/C16H28N2/c1-13-11-14(2)16(15(3)12-13)7-10-18-9-6-5-8-17-4/h11-12,17-18H,5-10H2,1-4H3. The van der Waals surface area contributed by atoms with E-state index in [-0.39, 0.29) is 0 Å². The Morgan fingerprint density at radius 1 is 0.889 bits per heavy atom. The summed E-state index contributed by atoms with van der Waals surface area (Å²) in [6, 6.07) is 4.57. The van der Waals surface area contributed by atoms with E-state index in [0.29, 0.717) is 0 Å². The lowest BCUT2D eigenvalue weighted by Gasteiger charge is -2.12. The first-order chi connectivity index (χ1) is 8.65. The molecule has 2 nitrogen and oxygen atoms in total. The van der Waals surface area contributed by atoms with E-state index in [0.717, 1.165) is 26.1 Å². The number of hydrogen-bond donors (Lipinski definition) is 2. The highest BCUT2D eigenvalue weighted by Crippen LogP contribution is 2.16. The molecule has 0 aliphatic rings. The molecule has 0 heterocycles. The zero-order valence-electron chi connectivity index (χ0n) is 12.4. The summed E-state index contributed by atoms with van der Waals surface area (Å²) in [7, 11) is 2.01. The quantitative estimate of drug-likeness (QED) is 0.691. The van der Waals surface area contributed by atoms with Gasteiger partial charge in [-0.05, 0) is 83.4 Å². The summed E-state index contributed by atoms with van der Waals surface area (Å²) in [4.78, 5) is 0. The molecule has 2 N–H and O–H groups in total. The van der Waals surface area contributed by atoms with Crippen molar-refractivity contribution in [3.05, 3.63) is 34.4 Å². The Balaban J connectivity index is 2.27. The van der Waals surface area contributed by atoms with Gasteiger partial charge in [0.05, 0.1) is 0 Å². The summed E-state index contributed by atoms with van der Waals surface area (Å²) in [5.41, 5.74) is 5.76. The number of rotatable bonds is 8. The van der Waals surface area contributed by atoms with Gasteiger partial charge in [-0.3, -0.25) is 0 Å². The summed E-state index contributed by atoms with van der Waals surface area (Å²) < 4.78 is 0. The smallest absolute Gasteiger partial charge is 0.000815 e. The second-order valence-electron chi connectivity index (χ2n) is 5.19. The minimum atomic E-state index is 1.09. The van der Waals surface area contributed by atoms with E-state index >= 15 is 0 Å². The van der Waals surface area contributed by atoms with Crippen LogP contribution in [0.15, 0.2) is 12.1 Å². The van der Waals surface area contributed by atoms with E-state index in [4.69, 9.17) is 0 Å². The molecule has 0 fully saturated rings. The van der Waals surface area contributed by atoms with Crippen molar-refractivity contribution in [3.8, 4) is 0 Å². The van der Waals surface area contributed by atoms with E-state index < -0.39 is 0 Å². The summed E-state index contributed by atoms with van der Waals surface area (Å²) in [6.45, 7) is 9.96. The Morgan fingerprint density at radius 3 is 2.11 bits per heavy atom. The van der Waals surface area contributed by atoms with Crippen molar-refractivity contribution < 1.29 is 0 Å². The second-order valence-corrected chi connectivity index (χ2v) is 5.19. The molecule has 18 heavy (non-hydrogen) atoms. The third kappa shape index (κ3) is 5.19. The molecule has 0 amide bonds. The van der Waals surface area contributed by atoms with E-state index in [1.54, 1.807) is 0 Å². The molecule has 1 aromatic carbocycles. The van der Waals surface area contributed by atoms with Crippen LogP contribution < -0.4 is 10.6 Å². The van der Waals surface area contributed by atoms with Crippen LogP contribution in [-0.4, -0.2) is 26.7 Å². The molecular weight excluding hydrogens is 220 g/mol. The van der Waals surface area contributed by atoms with Gasteiger partial charge < -0.3 is 10.6 Å². The summed E-state index contributed by atoms with van der Waals surface area (Å²) in [6.07, 6.45) is 3.66. The maximum Gasteiger partial charge on any atom is -0.000815 e. The molecular formula is C16H28N2. The maximum atomic E-state index is 3.53. The molecule has 0 atom stereocenters. The highest BCUT2D eigenvalue weighted by atomic mass is 14.8. The number of nitrogens with one attached hydrogen (secondary N) is 2. The van der Waals surface area contributed by atoms with Crippen molar-refractivity contribution in [3.63, 3.8) is 0 Å². The van der Waals surface area contributed by atoms with Crippen LogP contribution in [0.25, 0.3) is 0 Å². The molecule has 0 spiro atoms. The average Bonchev–Trinajstić information content (AvgIpc) is 2.30. The van der Waals surface area contributed by atoms with Gasteiger partial charge in [-0.25, -0.2) is 0 Å². The Kier molecular flexibility index (Phi) is 6.99. The first-order valence-electron chi connectivity index (χ1n) is 7.07. The van der Waals surface area contributed by atoms with Crippen LogP contribution in [0.2, 0.25) is 0 Å². The molecule has 2 heteroatoms. The van der Waals surface area contributed by atoms with E-state index in [9.17, 15) is 0 Å². The van der Waals surface area contributed by atoms with E-state index in [1.165, 1.54) is 35.1 Å². The summed E-state index contributed by atoms with van der Waals surface area (Å²) in [5, 5.41) is 6.71. The lowest BCUT2D eigenvalue weighted by atomic mass is 9.97. The monoisotopic (exact) mass is 248 g/mol. The van der Waals surface area contributed by atoms with Crippen LogP contribution in [0.3, 0.4) is 0 Å². The zero-order chi connectivity index (χ0) is 13.4. The zero-order valence-corrected chi connectivity index (χ0v) is 12.4. The van der Waals surface area contributed by atoms with Gasteiger partial charge >= 0.3 is 0 Å². The van der Waals surface area contributed by atoms with Crippen LogP contribution in [0, 0.1) is 20.8 Å². The van der Waals surface area contributed by atoms with Gasteiger partial charge in [-0.1, -0.05) is 17.7 Å². The fourth-order valence-corrected chi connectivity index (χ4v) is 2.49. The minimum Gasteiger partial charge on any atom is -0.320 e. The van der Waals surface area contributed by atoms with Crippen LogP contribution in [-0.2, 0) is 6.42 Å². The predicted molar refractivity (Wildman–Crippen MR) is 80.4 cm³/mol. The Hall–Kier alpha value is -0.860. The van der Waals surface area contributed by atoms with Gasteiger partial charge in [0.15, 0.2) is 0 Å². The topological polar surface area (TPSA) is 24.1 Å². The first-order valence-corrected chi connectivity index (χ1v) is 7.07. The van der Waals surface area contributed by atoms with Crippen molar-refractivity contribution >= 4 is 0 Å². The Bertz CT molecular complexity index is 335. The molecule has 0 saturated heterocycles. The van der Waals surface area contributed by atoms with Crippen molar-refractivity contribution in [2.75, 3.05) is 26.7 Å². The molecule has 102 valence electrons. The van der Waals surface area contributed by atoms with Gasteiger partial charge in [0.1, 0.15) is 0 Å². The summed E-state index contributed by atoms with van der Waals surface area (Å²) >= 11 is 0. The fourth-order valence-electron chi connectivity index (χ4n) is 2.49. The molecule has 0 saturated carbocycles. The van der Waals surface area contributed by atoms with Crippen LogP contribution in [0.1, 0.15) is 35.1 Å². The predicted octanol–water partition coefficient (Wildman–Crippen LogP) is 2.74. The molecule has 0 radical (unpaired) electrons. The van der Waals surface area contributed by atoms with E-state index in [2.05, 4.69) is 43.5 Å². The third-order valence-electron chi connectivity index (χ3n) is 3.42. The second kappa shape index (κ2) is 8.28. The molecule has 0 bridgehead atoms. The van der Waals surface area contributed by atoms with E-state index in [1.807, 2.05) is 7.05 Å². The van der Waals surface area contributed by atoms with Gasteiger partial charge in [0, 0.05) is 0 Å². The van der Waals surface area contributed by atoms with Gasteiger partial charge in [-0.2, -0.15) is 0 Å². The molecule has 1 rings (SSSR count). The number of aryl methyl sites for hydroxylation is 3. The Labute approximate surface area is 112 Å². The van der Waals surface area contributed by atoms with Gasteiger partial charge in [0.2, 0.25) is 0 Å². The number of hydrogen-bond acceptors (Lipinski definition) is 2. The van der Waals surface area contributed by atoms with Crippen molar-refractivity contribution in [1.82, 2.24) is 10.6 Å². The largest absolute Gasteiger partial charge is 0.320 e. The molecule has 1 aromatic rings. The molecule has 0 aliphatic heterocycles.